The van der Waals surface area contributed by atoms with Crippen LogP contribution in [0.15, 0.2) is 0 Å². The summed E-state index contributed by atoms with van der Waals surface area (Å²) in [7, 11) is 0. The highest BCUT2D eigenvalue weighted by molar-refractivity contribution is 6.18. The highest BCUT2D eigenvalue weighted by atomic mass is 35.5. The second-order valence-corrected chi connectivity index (χ2v) is 2.82. The second-order valence-electron chi connectivity index (χ2n) is 2.44. The highest BCUT2D eigenvalue weighted by Gasteiger charge is 2.28. The highest BCUT2D eigenvalue weighted by Crippen LogP contribution is 2.21. The molecule has 1 unspecified atom stereocenters. The molecule has 0 saturated heterocycles. The molecular weight excluding hydrogens is 150 g/mol. The summed E-state index contributed by atoms with van der Waals surface area (Å²) >= 11 is 5.41. The number of hydrogen-bond donors (Lipinski definition) is 0. The normalized spacial score (nSPS) is 15.4. The Morgan fingerprint density at radius 2 is 2.30 bits per heavy atom. The molecule has 0 aliphatic carbocycles. The largest absolute Gasteiger partial charge is 0.298 e. The maximum Gasteiger partial charge on any atom is 0.149 e. The van der Waals surface area contributed by atoms with Gasteiger partial charge in [0.15, 0.2) is 0 Å². The Hall–Kier alpha value is -0.550. The van der Waals surface area contributed by atoms with Crippen LogP contribution < -0.4 is 0 Å². The molecule has 56 valence electrons. The van der Waals surface area contributed by atoms with Gasteiger partial charge in [0.2, 0.25) is 0 Å². The van der Waals surface area contributed by atoms with Crippen LogP contribution in [0.3, 0.4) is 0 Å². The number of alkyl halides is 1. The monoisotopic (exact) mass is 159 g/mol. The van der Waals surface area contributed by atoms with Gasteiger partial charge in [0.25, 0.3) is 0 Å². The van der Waals surface area contributed by atoms with Crippen molar-refractivity contribution in [3.63, 3.8) is 0 Å². The summed E-state index contributed by atoms with van der Waals surface area (Å²) in [6, 6.07) is 1.94. The first kappa shape index (κ1) is 9.45. The molecule has 3 heteroatoms. The molecule has 1 atom stereocenters. The number of nitrogens with zero attached hydrogens (tertiary/aromatic N) is 1. The fourth-order valence-electron chi connectivity index (χ4n) is 0.500. The van der Waals surface area contributed by atoms with Crippen molar-refractivity contribution in [1.29, 1.82) is 5.26 Å². The summed E-state index contributed by atoms with van der Waals surface area (Å²) in [5, 5.41) is 8.56. The number of nitriles is 1. The van der Waals surface area contributed by atoms with E-state index in [9.17, 15) is 4.79 Å². The first-order valence-electron chi connectivity index (χ1n) is 3.05. The molecule has 0 aliphatic heterocycles. The van der Waals surface area contributed by atoms with Crippen molar-refractivity contribution in [2.45, 2.75) is 20.3 Å². The summed E-state index contributed by atoms with van der Waals surface area (Å²) in [6.45, 7) is 3.02. The average molecular weight is 160 g/mol. The number of carbonyl (C=O) groups is 1. The van der Waals surface area contributed by atoms with Gasteiger partial charge in [-0.15, -0.1) is 11.6 Å². The molecule has 0 rings (SSSR count). The van der Waals surface area contributed by atoms with Crippen LogP contribution in [0, 0.1) is 16.7 Å². The Bertz CT molecular complexity index is 173. The zero-order valence-electron chi connectivity index (χ0n) is 6.15. The molecule has 2 nitrogen and oxygen atoms in total. The number of hydrogen-bond acceptors (Lipinski definition) is 2. The van der Waals surface area contributed by atoms with E-state index >= 15 is 0 Å². The van der Waals surface area contributed by atoms with Gasteiger partial charge >= 0.3 is 0 Å². The second kappa shape index (κ2) is 3.58. The number of ketones is 1. The average Bonchev–Trinajstić information content (AvgIpc) is 1.88. The van der Waals surface area contributed by atoms with E-state index in [0.29, 0.717) is 12.3 Å². The molecule has 0 aliphatic rings. The lowest BCUT2D eigenvalue weighted by molar-refractivity contribution is -0.123. The zero-order chi connectivity index (χ0) is 8.20. The quantitative estimate of drug-likeness (QED) is 0.589. The van der Waals surface area contributed by atoms with E-state index in [1.165, 1.54) is 6.92 Å². The van der Waals surface area contributed by atoms with Gasteiger partial charge in [-0.1, -0.05) is 0 Å². The molecule has 0 aromatic carbocycles. The number of Topliss-reactive ketones (excluding diaryl/α,β-unsaturated/α-hetero) is 1. The van der Waals surface area contributed by atoms with E-state index in [0.717, 1.165) is 0 Å². The minimum Gasteiger partial charge on any atom is -0.298 e. The van der Waals surface area contributed by atoms with Crippen molar-refractivity contribution in [3.05, 3.63) is 0 Å². The van der Waals surface area contributed by atoms with Crippen LogP contribution in [0.25, 0.3) is 0 Å². The van der Waals surface area contributed by atoms with Gasteiger partial charge in [0.1, 0.15) is 11.2 Å². The van der Waals surface area contributed by atoms with Gasteiger partial charge in [-0.05, 0) is 20.3 Å². The van der Waals surface area contributed by atoms with Gasteiger partial charge in [-0.3, -0.25) is 4.79 Å². The maximum atomic E-state index is 10.8. The minimum atomic E-state index is -0.873. The van der Waals surface area contributed by atoms with E-state index < -0.39 is 5.41 Å². The lowest BCUT2D eigenvalue weighted by Gasteiger charge is -2.14. The molecule has 0 amide bonds. The van der Waals surface area contributed by atoms with Crippen LogP contribution in [-0.4, -0.2) is 11.7 Å². The first-order chi connectivity index (χ1) is 4.56. The third-order valence-electron chi connectivity index (χ3n) is 1.62. The SMILES string of the molecule is CC(=O)C(C)(C#N)CCCl. The third-order valence-corrected chi connectivity index (χ3v) is 1.81. The molecule has 0 aromatic heterocycles. The standard InChI is InChI=1S/C7H10ClNO/c1-6(10)7(2,5-9)3-4-8/h3-4H2,1-2H3. The number of rotatable bonds is 3. The van der Waals surface area contributed by atoms with Crippen molar-refractivity contribution >= 4 is 17.4 Å². The predicted molar refractivity (Wildman–Crippen MR) is 39.7 cm³/mol. The molecule has 0 heterocycles. The molecule has 0 bridgehead atoms. The molecule has 0 spiro atoms. The van der Waals surface area contributed by atoms with E-state index in [2.05, 4.69) is 0 Å². The van der Waals surface area contributed by atoms with Crippen molar-refractivity contribution < 1.29 is 4.79 Å². The summed E-state index contributed by atoms with van der Waals surface area (Å²) in [5.41, 5.74) is -0.873. The number of carbonyl (C=O) groups excluding carboxylic acids is 1. The Morgan fingerprint density at radius 1 is 1.80 bits per heavy atom. The smallest absolute Gasteiger partial charge is 0.149 e. The van der Waals surface area contributed by atoms with Crippen LogP contribution in [0.5, 0.6) is 0 Å². The van der Waals surface area contributed by atoms with Crippen molar-refractivity contribution in [3.8, 4) is 6.07 Å². The van der Waals surface area contributed by atoms with Crippen LogP contribution in [0.4, 0.5) is 0 Å². The third kappa shape index (κ3) is 2.00. The van der Waals surface area contributed by atoms with Crippen LogP contribution in [-0.2, 0) is 4.79 Å². The van der Waals surface area contributed by atoms with E-state index in [-0.39, 0.29) is 5.78 Å². The van der Waals surface area contributed by atoms with E-state index in [4.69, 9.17) is 16.9 Å². The Balaban J connectivity index is 4.27. The van der Waals surface area contributed by atoms with E-state index in [1.54, 1.807) is 6.92 Å². The van der Waals surface area contributed by atoms with E-state index in [1.807, 2.05) is 6.07 Å². The molecule has 0 radical (unpaired) electrons. The molecule has 0 N–H and O–H groups in total. The maximum absolute atomic E-state index is 10.8. The summed E-state index contributed by atoms with van der Waals surface area (Å²) in [4.78, 5) is 10.8. The fourth-order valence-corrected chi connectivity index (χ4v) is 0.878. The van der Waals surface area contributed by atoms with Crippen molar-refractivity contribution in [2.75, 3.05) is 5.88 Å². The Kier molecular flexibility index (Phi) is 3.38. The van der Waals surface area contributed by atoms with Gasteiger partial charge in [-0.2, -0.15) is 5.26 Å². The lowest BCUT2D eigenvalue weighted by Crippen LogP contribution is -2.23. The molecule has 0 saturated carbocycles. The van der Waals surface area contributed by atoms with Crippen molar-refractivity contribution in [2.24, 2.45) is 5.41 Å². The zero-order valence-corrected chi connectivity index (χ0v) is 6.90. The van der Waals surface area contributed by atoms with Crippen LogP contribution in [0.1, 0.15) is 20.3 Å². The van der Waals surface area contributed by atoms with Gasteiger partial charge in [0, 0.05) is 5.88 Å². The lowest BCUT2D eigenvalue weighted by atomic mass is 9.85. The Morgan fingerprint density at radius 3 is 2.40 bits per heavy atom. The topological polar surface area (TPSA) is 40.9 Å². The molecular formula is C7H10ClNO. The predicted octanol–water partition coefficient (Wildman–Crippen LogP) is 1.73. The van der Waals surface area contributed by atoms with Crippen LogP contribution in [0.2, 0.25) is 0 Å². The molecule has 0 fully saturated rings. The summed E-state index contributed by atoms with van der Waals surface area (Å²) < 4.78 is 0. The Labute approximate surface area is 65.8 Å². The van der Waals surface area contributed by atoms with Crippen molar-refractivity contribution in [1.82, 2.24) is 0 Å². The van der Waals surface area contributed by atoms with Crippen LogP contribution >= 0.6 is 11.6 Å². The molecule has 0 aromatic rings. The molecule has 10 heavy (non-hydrogen) atoms. The summed E-state index contributed by atoms with van der Waals surface area (Å²) in [5.74, 6) is 0.236. The number of halogens is 1. The first-order valence-corrected chi connectivity index (χ1v) is 3.58. The van der Waals surface area contributed by atoms with Gasteiger partial charge in [0.05, 0.1) is 6.07 Å². The fraction of sp³-hybridized carbons (Fsp3) is 0.714. The summed E-state index contributed by atoms with van der Waals surface area (Å²) in [6.07, 6.45) is 0.431. The minimum absolute atomic E-state index is 0.115. The van der Waals surface area contributed by atoms with Gasteiger partial charge < -0.3 is 0 Å². The van der Waals surface area contributed by atoms with Gasteiger partial charge in [-0.25, -0.2) is 0 Å².